The summed E-state index contributed by atoms with van der Waals surface area (Å²) in [6, 6.07) is 6.98. The monoisotopic (exact) mass is 215 g/mol. The summed E-state index contributed by atoms with van der Waals surface area (Å²) in [6.45, 7) is 4.34. The molecule has 0 radical (unpaired) electrons. The van der Waals surface area contributed by atoms with Crippen molar-refractivity contribution in [2.45, 2.75) is 39.2 Å². The first-order valence-corrected chi connectivity index (χ1v) is 6.51. The Bertz CT molecular complexity index is 400. The average molecular weight is 215 g/mol. The third kappa shape index (κ3) is 1.49. The van der Waals surface area contributed by atoms with Gasteiger partial charge in [-0.05, 0) is 55.6 Å². The summed E-state index contributed by atoms with van der Waals surface area (Å²) >= 11 is 0. The normalized spacial score (nSPS) is 33.6. The summed E-state index contributed by atoms with van der Waals surface area (Å²) in [5.74, 6) is 2.70. The quantitative estimate of drug-likeness (QED) is 0.804. The summed E-state index contributed by atoms with van der Waals surface area (Å²) in [5, 5.41) is 0. The zero-order valence-corrected chi connectivity index (χ0v) is 10.2. The summed E-state index contributed by atoms with van der Waals surface area (Å²) in [5.41, 5.74) is 10.5. The van der Waals surface area contributed by atoms with E-state index in [1.165, 1.54) is 36.0 Å². The Morgan fingerprint density at radius 3 is 2.50 bits per heavy atom. The largest absolute Gasteiger partial charge is 0.324 e. The van der Waals surface area contributed by atoms with Crippen molar-refractivity contribution in [2.75, 3.05) is 0 Å². The van der Waals surface area contributed by atoms with Gasteiger partial charge in [0.15, 0.2) is 0 Å². The Labute approximate surface area is 98.0 Å². The summed E-state index contributed by atoms with van der Waals surface area (Å²) in [4.78, 5) is 0. The molecule has 16 heavy (non-hydrogen) atoms. The Balaban J connectivity index is 1.82. The number of aryl methyl sites for hydroxylation is 2. The number of fused-ring (bicyclic) bond motifs is 1. The number of nitrogens with two attached hydrogens (primary N) is 1. The second-order valence-electron chi connectivity index (χ2n) is 5.72. The lowest BCUT2D eigenvalue weighted by Crippen LogP contribution is -2.16. The second-order valence-corrected chi connectivity index (χ2v) is 5.72. The van der Waals surface area contributed by atoms with E-state index in [0.29, 0.717) is 0 Å². The Morgan fingerprint density at radius 2 is 1.88 bits per heavy atom. The first-order valence-electron chi connectivity index (χ1n) is 6.51. The zero-order chi connectivity index (χ0) is 11.3. The third-order valence-corrected chi connectivity index (χ3v) is 4.67. The van der Waals surface area contributed by atoms with Gasteiger partial charge in [-0.25, -0.2) is 0 Å². The van der Waals surface area contributed by atoms with Crippen LogP contribution in [0.2, 0.25) is 0 Å². The van der Waals surface area contributed by atoms with Gasteiger partial charge in [0.05, 0.1) is 0 Å². The maximum atomic E-state index is 6.44. The van der Waals surface area contributed by atoms with E-state index in [4.69, 9.17) is 5.73 Å². The fraction of sp³-hybridized carbons (Fsp3) is 0.600. The van der Waals surface area contributed by atoms with Crippen LogP contribution in [0.4, 0.5) is 0 Å². The standard InChI is InChI=1S/C15H21N/c1-9-6-7-11(10(2)8-9)15(16)14-12-4-3-5-13(12)14/h6-8,12-15H,3-5,16H2,1-2H3. The molecule has 1 aromatic carbocycles. The molecule has 2 aliphatic rings. The minimum atomic E-state index is 0.288. The molecule has 0 spiro atoms. The molecule has 0 aliphatic heterocycles. The minimum absolute atomic E-state index is 0.288. The van der Waals surface area contributed by atoms with Crippen LogP contribution >= 0.6 is 0 Å². The molecule has 0 aromatic heterocycles. The van der Waals surface area contributed by atoms with E-state index >= 15 is 0 Å². The predicted molar refractivity (Wildman–Crippen MR) is 67.2 cm³/mol. The van der Waals surface area contributed by atoms with Crippen LogP contribution in [0.1, 0.15) is 42.0 Å². The van der Waals surface area contributed by atoms with Crippen molar-refractivity contribution in [3.8, 4) is 0 Å². The van der Waals surface area contributed by atoms with Crippen LogP contribution in [-0.4, -0.2) is 0 Å². The van der Waals surface area contributed by atoms with Crippen molar-refractivity contribution in [3.63, 3.8) is 0 Å². The lowest BCUT2D eigenvalue weighted by molar-refractivity contribution is 0.500. The van der Waals surface area contributed by atoms with Gasteiger partial charge >= 0.3 is 0 Å². The van der Waals surface area contributed by atoms with Crippen molar-refractivity contribution in [2.24, 2.45) is 23.5 Å². The third-order valence-electron chi connectivity index (χ3n) is 4.67. The van der Waals surface area contributed by atoms with Crippen molar-refractivity contribution in [3.05, 3.63) is 34.9 Å². The average Bonchev–Trinajstić information content (AvgIpc) is 2.71. The van der Waals surface area contributed by atoms with Gasteiger partial charge in [0.25, 0.3) is 0 Å². The van der Waals surface area contributed by atoms with Crippen molar-refractivity contribution >= 4 is 0 Å². The van der Waals surface area contributed by atoms with Crippen LogP contribution in [-0.2, 0) is 0 Å². The first-order chi connectivity index (χ1) is 7.68. The molecule has 3 unspecified atom stereocenters. The molecule has 1 aromatic rings. The van der Waals surface area contributed by atoms with E-state index < -0.39 is 0 Å². The number of hydrogen-bond donors (Lipinski definition) is 1. The Kier molecular flexibility index (Phi) is 2.32. The van der Waals surface area contributed by atoms with Crippen LogP contribution in [0.3, 0.4) is 0 Å². The molecule has 1 nitrogen and oxygen atoms in total. The molecule has 0 bridgehead atoms. The van der Waals surface area contributed by atoms with Gasteiger partial charge in [-0.15, -0.1) is 0 Å². The van der Waals surface area contributed by atoms with Gasteiger partial charge in [-0.3, -0.25) is 0 Å². The molecule has 2 saturated carbocycles. The first kappa shape index (κ1) is 10.3. The van der Waals surface area contributed by atoms with E-state index in [9.17, 15) is 0 Å². The number of hydrogen-bond acceptors (Lipinski definition) is 1. The highest BCUT2D eigenvalue weighted by Crippen LogP contribution is 2.61. The van der Waals surface area contributed by atoms with Crippen molar-refractivity contribution in [1.29, 1.82) is 0 Å². The molecular formula is C15H21N. The Hall–Kier alpha value is -0.820. The molecule has 0 amide bonds. The second kappa shape index (κ2) is 3.59. The van der Waals surface area contributed by atoms with Crippen LogP contribution in [0.15, 0.2) is 18.2 Å². The highest BCUT2D eigenvalue weighted by atomic mass is 14.7. The lowest BCUT2D eigenvalue weighted by Gasteiger charge is -2.17. The van der Waals surface area contributed by atoms with E-state index in [2.05, 4.69) is 32.0 Å². The van der Waals surface area contributed by atoms with E-state index in [1.807, 2.05) is 0 Å². The molecule has 2 aliphatic carbocycles. The molecule has 1 heteroatoms. The molecular weight excluding hydrogens is 194 g/mol. The maximum Gasteiger partial charge on any atom is 0.0331 e. The maximum absolute atomic E-state index is 6.44. The van der Waals surface area contributed by atoms with Gasteiger partial charge in [-0.1, -0.05) is 30.2 Å². The van der Waals surface area contributed by atoms with Gasteiger partial charge in [0.2, 0.25) is 0 Å². The lowest BCUT2D eigenvalue weighted by atomic mass is 9.93. The topological polar surface area (TPSA) is 26.0 Å². The molecule has 3 atom stereocenters. The molecule has 0 saturated heterocycles. The van der Waals surface area contributed by atoms with E-state index in [1.54, 1.807) is 0 Å². The molecule has 86 valence electrons. The molecule has 2 fully saturated rings. The predicted octanol–water partition coefficient (Wildman–Crippen LogP) is 3.35. The molecule has 3 rings (SSSR count). The van der Waals surface area contributed by atoms with Gasteiger partial charge in [0, 0.05) is 6.04 Å². The molecule has 2 N–H and O–H groups in total. The van der Waals surface area contributed by atoms with Crippen molar-refractivity contribution < 1.29 is 0 Å². The smallest absolute Gasteiger partial charge is 0.0331 e. The van der Waals surface area contributed by atoms with Crippen LogP contribution in [0.25, 0.3) is 0 Å². The van der Waals surface area contributed by atoms with Gasteiger partial charge < -0.3 is 5.73 Å². The number of benzene rings is 1. The fourth-order valence-corrected chi connectivity index (χ4v) is 3.82. The summed E-state index contributed by atoms with van der Waals surface area (Å²) in [7, 11) is 0. The summed E-state index contributed by atoms with van der Waals surface area (Å²) < 4.78 is 0. The van der Waals surface area contributed by atoms with Crippen LogP contribution in [0, 0.1) is 31.6 Å². The highest BCUT2D eigenvalue weighted by molar-refractivity contribution is 5.34. The zero-order valence-electron chi connectivity index (χ0n) is 10.2. The minimum Gasteiger partial charge on any atom is -0.324 e. The Morgan fingerprint density at radius 1 is 1.19 bits per heavy atom. The van der Waals surface area contributed by atoms with E-state index in [-0.39, 0.29) is 6.04 Å². The fourth-order valence-electron chi connectivity index (χ4n) is 3.82. The number of rotatable bonds is 2. The van der Waals surface area contributed by atoms with Crippen LogP contribution < -0.4 is 5.73 Å². The molecule has 0 heterocycles. The van der Waals surface area contributed by atoms with E-state index in [0.717, 1.165) is 17.8 Å². The van der Waals surface area contributed by atoms with Crippen LogP contribution in [0.5, 0.6) is 0 Å². The SMILES string of the molecule is Cc1ccc(C(N)C2C3CCCC32)c(C)c1. The summed E-state index contributed by atoms with van der Waals surface area (Å²) in [6.07, 6.45) is 4.29. The van der Waals surface area contributed by atoms with Crippen molar-refractivity contribution in [1.82, 2.24) is 0 Å². The van der Waals surface area contributed by atoms with Gasteiger partial charge in [-0.2, -0.15) is 0 Å². The van der Waals surface area contributed by atoms with Gasteiger partial charge in [0.1, 0.15) is 0 Å². The highest BCUT2D eigenvalue weighted by Gasteiger charge is 2.55.